The SMILES string of the molecule is Cc1ccncc1C(=O)c1cc(F)cc(Br)c1. The lowest BCUT2D eigenvalue weighted by molar-refractivity contribution is 0.103. The molecule has 17 heavy (non-hydrogen) atoms. The summed E-state index contributed by atoms with van der Waals surface area (Å²) >= 11 is 3.16. The molecule has 0 saturated heterocycles. The standard InChI is InChI=1S/C13H9BrFNO/c1-8-2-3-16-7-12(8)13(17)9-4-10(14)6-11(15)5-9/h2-7H,1H3. The van der Waals surface area contributed by atoms with Crippen LogP contribution in [0.25, 0.3) is 0 Å². The minimum atomic E-state index is -0.440. The number of carbonyl (C=O) groups excluding carboxylic acids is 1. The van der Waals surface area contributed by atoms with Crippen LogP contribution in [0.3, 0.4) is 0 Å². The summed E-state index contributed by atoms with van der Waals surface area (Å²) in [6.07, 6.45) is 3.12. The molecular formula is C13H9BrFNO. The van der Waals surface area contributed by atoms with Gasteiger partial charge in [0.25, 0.3) is 0 Å². The minimum Gasteiger partial charge on any atom is -0.289 e. The van der Waals surface area contributed by atoms with Crippen molar-refractivity contribution in [1.82, 2.24) is 4.98 Å². The van der Waals surface area contributed by atoms with Gasteiger partial charge >= 0.3 is 0 Å². The fourth-order valence-corrected chi connectivity index (χ4v) is 2.01. The highest BCUT2D eigenvalue weighted by Gasteiger charge is 2.13. The summed E-state index contributed by atoms with van der Waals surface area (Å²) in [4.78, 5) is 16.1. The van der Waals surface area contributed by atoms with Gasteiger partial charge < -0.3 is 0 Å². The zero-order valence-electron chi connectivity index (χ0n) is 9.08. The minimum absolute atomic E-state index is 0.226. The van der Waals surface area contributed by atoms with Crippen LogP contribution < -0.4 is 0 Å². The number of halogens is 2. The number of benzene rings is 1. The van der Waals surface area contributed by atoms with E-state index < -0.39 is 5.82 Å². The first kappa shape index (κ1) is 11.9. The monoisotopic (exact) mass is 293 g/mol. The average Bonchev–Trinajstić information content (AvgIpc) is 2.27. The fourth-order valence-electron chi connectivity index (χ4n) is 1.54. The quantitative estimate of drug-likeness (QED) is 0.793. The van der Waals surface area contributed by atoms with Gasteiger partial charge in [-0.2, -0.15) is 0 Å². The van der Waals surface area contributed by atoms with E-state index >= 15 is 0 Å². The molecule has 2 rings (SSSR count). The van der Waals surface area contributed by atoms with Gasteiger partial charge in [-0.1, -0.05) is 15.9 Å². The van der Waals surface area contributed by atoms with Crippen molar-refractivity contribution < 1.29 is 9.18 Å². The first-order valence-electron chi connectivity index (χ1n) is 4.99. The maximum absolute atomic E-state index is 13.2. The van der Waals surface area contributed by atoms with Crippen molar-refractivity contribution in [2.24, 2.45) is 0 Å². The highest BCUT2D eigenvalue weighted by Crippen LogP contribution is 2.18. The van der Waals surface area contributed by atoms with Gasteiger partial charge in [0, 0.05) is 28.0 Å². The van der Waals surface area contributed by atoms with Gasteiger partial charge in [-0.15, -0.1) is 0 Å². The molecule has 0 aliphatic carbocycles. The van der Waals surface area contributed by atoms with Crippen LogP contribution in [0.5, 0.6) is 0 Å². The number of nitrogens with zero attached hydrogens (tertiary/aromatic N) is 1. The van der Waals surface area contributed by atoms with Crippen LogP contribution in [0.2, 0.25) is 0 Å². The molecule has 0 aliphatic heterocycles. The Morgan fingerprint density at radius 3 is 2.76 bits per heavy atom. The lowest BCUT2D eigenvalue weighted by Crippen LogP contribution is -2.04. The Labute approximate surface area is 107 Å². The maximum Gasteiger partial charge on any atom is 0.194 e. The summed E-state index contributed by atoms with van der Waals surface area (Å²) < 4.78 is 13.8. The van der Waals surface area contributed by atoms with Gasteiger partial charge in [-0.3, -0.25) is 9.78 Å². The molecule has 0 N–H and O–H groups in total. The molecule has 2 aromatic rings. The third-order valence-electron chi connectivity index (χ3n) is 2.41. The van der Waals surface area contributed by atoms with E-state index in [1.54, 1.807) is 18.3 Å². The molecule has 4 heteroatoms. The van der Waals surface area contributed by atoms with Gasteiger partial charge in [0.05, 0.1) is 0 Å². The van der Waals surface area contributed by atoms with Crippen molar-refractivity contribution in [2.75, 3.05) is 0 Å². The van der Waals surface area contributed by atoms with Crippen LogP contribution in [0.15, 0.2) is 41.1 Å². The summed E-state index contributed by atoms with van der Waals surface area (Å²) in [6.45, 7) is 1.82. The number of aromatic nitrogens is 1. The molecule has 1 heterocycles. The molecule has 0 aliphatic rings. The Balaban J connectivity index is 2.48. The molecular weight excluding hydrogens is 285 g/mol. The van der Waals surface area contributed by atoms with Crippen LogP contribution in [0, 0.1) is 12.7 Å². The van der Waals surface area contributed by atoms with E-state index in [9.17, 15) is 9.18 Å². The molecule has 1 aromatic carbocycles. The Hall–Kier alpha value is -1.55. The lowest BCUT2D eigenvalue weighted by atomic mass is 10.0. The molecule has 0 unspecified atom stereocenters. The van der Waals surface area contributed by atoms with Crippen molar-refractivity contribution in [2.45, 2.75) is 6.92 Å². The number of hydrogen-bond acceptors (Lipinski definition) is 2. The van der Waals surface area contributed by atoms with Gasteiger partial charge in [-0.05, 0) is 36.8 Å². The Bertz CT molecular complexity index is 563. The van der Waals surface area contributed by atoms with Crippen molar-refractivity contribution in [1.29, 1.82) is 0 Å². The molecule has 2 nitrogen and oxygen atoms in total. The molecule has 0 radical (unpaired) electrons. The van der Waals surface area contributed by atoms with Crippen molar-refractivity contribution in [3.05, 3.63) is 63.6 Å². The first-order chi connectivity index (χ1) is 8.08. The molecule has 0 spiro atoms. The summed E-state index contributed by atoms with van der Waals surface area (Å²) in [5, 5.41) is 0. The first-order valence-corrected chi connectivity index (χ1v) is 5.78. The van der Waals surface area contributed by atoms with Crippen LogP contribution in [-0.2, 0) is 0 Å². The number of hydrogen-bond donors (Lipinski definition) is 0. The summed E-state index contributed by atoms with van der Waals surface area (Å²) in [5.41, 5.74) is 1.63. The van der Waals surface area contributed by atoms with Gasteiger partial charge in [0.15, 0.2) is 5.78 Å². The lowest BCUT2D eigenvalue weighted by Gasteiger charge is -2.04. The molecule has 0 fully saturated rings. The topological polar surface area (TPSA) is 30.0 Å². The maximum atomic E-state index is 13.2. The van der Waals surface area contributed by atoms with Crippen molar-refractivity contribution in [3.63, 3.8) is 0 Å². The zero-order chi connectivity index (χ0) is 12.4. The van der Waals surface area contributed by atoms with Crippen LogP contribution in [0.1, 0.15) is 21.5 Å². The van der Waals surface area contributed by atoms with Crippen molar-refractivity contribution >= 4 is 21.7 Å². The normalized spacial score (nSPS) is 10.3. The summed E-state index contributed by atoms with van der Waals surface area (Å²) in [6, 6.07) is 5.88. The van der Waals surface area contributed by atoms with E-state index in [0.29, 0.717) is 15.6 Å². The van der Waals surface area contributed by atoms with Crippen LogP contribution in [0.4, 0.5) is 4.39 Å². The molecule has 1 aromatic heterocycles. The van der Waals surface area contributed by atoms with Crippen LogP contribution in [-0.4, -0.2) is 10.8 Å². The second-order valence-electron chi connectivity index (χ2n) is 3.68. The average molecular weight is 294 g/mol. The number of carbonyl (C=O) groups is 1. The molecule has 0 saturated carbocycles. The predicted molar refractivity (Wildman–Crippen MR) is 66.5 cm³/mol. The third-order valence-corrected chi connectivity index (χ3v) is 2.87. The number of rotatable bonds is 2. The van der Waals surface area contributed by atoms with Gasteiger partial charge in [0.2, 0.25) is 0 Å². The van der Waals surface area contributed by atoms with E-state index in [4.69, 9.17) is 0 Å². The fraction of sp³-hybridized carbons (Fsp3) is 0.0769. The number of ketones is 1. The number of pyridine rings is 1. The van der Waals surface area contributed by atoms with E-state index in [1.165, 1.54) is 18.3 Å². The van der Waals surface area contributed by atoms with E-state index in [2.05, 4.69) is 20.9 Å². The second kappa shape index (κ2) is 4.75. The Morgan fingerprint density at radius 2 is 2.12 bits per heavy atom. The Morgan fingerprint density at radius 1 is 1.35 bits per heavy atom. The Kier molecular flexibility index (Phi) is 3.33. The van der Waals surface area contributed by atoms with Crippen LogP contribution >= 0.6 is 15.9 Å². The molecule has 0 amide bonds. The predicted octanol–water partition coefficient (Wildman–Crippen LogP) is 3.52. The molecule has 0 atom stereocenters. The molecule has 0 bridgehead atoms. The second-order valence-corrected chi connectivity index (χ2v) is 4.59. The summed E-state index contributed by atoms with van der Waals surface area (Å²) in [7, 11) is 0. The van der Waals surface area contributed by atoms with Gasteiger partial charge in [0.1, 0.15) is 5.82 Å². The largest absolute Gasteiger partial charge is 0.289 e. The van der Waals surface area contributed by atoms with E-state index in [0.717, 1.165) is 5.56 Å². The van der Waals surface area contributed by atoms with Gasteiger partial charge in [-0.25, -0.2) is 4.39 Å². The van der Waals surface area contributed by atoms with E-state index in [1.807, 2.05) is 6.92 Å². The number of aryl methyl sites for hydroxylation is 1. The highest BCUT2D eigenvalue weighted by molar-refractivity contribution is 9.10. The van der Waals surface area contributed by atoms with Crippen molar-refractivity contribution in [3.8, 4) is 0 Å². The summed E-state index contributed by atoms with van der Waals surface area (Å²) in [5.74, 6) is -0.667. The van der Waals surface area contributed by atoms with E-state index in [-0.39, 0.29) is 5.78 Å². The smallest absolute Gasteiger partial charge is 0.194 e. The third kappa shape index (κ3) is 2.58. The molecule has 86 valence electrons. The zero-order valence-corrected chi connectivity index (χ0v) is 10.7. The highest BCUT2D eigenvalue weighted by atomic mass is 79.9.